The van der Waals surface area contributed by atoms with Crippen LogP contribution in [-0.4, -0.2) is 38.8 Å². The summed E-state index contributed by atoms with van der Waals surface area (Å²) in [6.07, 6.45) is 2.10. The van der Waals surface area contributed by atoms with Crippen molar-refractivity contribution in [2.45, 2.75) is 33.6 Å². The molecule has 90 valence electrons. The largest absolute Gasteiger partial charge is 0.382 e. The highest BCUT2D eigenvalue weighted by Gasteiger charge is 1.94. The molecule has 0 heterocycles. The molecule has 0 amide bonds. The number of guanidine groups is 1. The first kappa shape index (κ1) is 14.2. The normalized spacial score (nSPS) is 11.5. The van der Waals surface area contributed by atoms with Gasteiger partial charge in [-0.3, -0.25) is 4.99 Å². The van der Waals surface area contributed by atoms with Gasteiger partial charge in [0.05, 0.1) is 0 Å². The van der Waals surface area contributed by atoms with Crippen LogP contribution in [0, 0.1) is 0 Å². The van der Waals surface area contributed by atoms with E-state index in [2.05, 4.69) is 29.5 Å². The molecule has 15 heavy (non-hydrogen) atoms. The third-order valence-electron chi connectivity index (χ3n) is 1.80. The van der Waals surface area contributed by atoms with Crippen LogP contribution in [0.1, 0.15) is 33.6 Å². The van der Waals surface area contributed by atoms with Gasteiger partial charge in [0.25, 0.3) is 0 Å². The first-order valence-electron chi connectivity index (χ1n) is 5.95. The zero-order valence-corrected chi connectivity index (χ0v) is 10.3. The summed E-state index contributed by atoms with van der Waals surface area (Å²) in [6.45, 7) is 10.5. The van der Waals surface area contributed by atoms with E-state index in [1.54, 1.807) is 0 Å². The number of nitrogens with one attached hydrogen (secondary N) is 2. The summed E-state index contributed by atoms with van der Waals surface area (Å²) >= 11 is 0. The molecule has 0 bridgehead atoms. The fourth-order valence-corrected chi connectivity index (χ4v) is 1.09. The summed E-state index contributed by atoms with van der Waals surface area (Å²) in [5.74, 6) is 0.913. The average molecular weight is 215 g/mol. The molecule has 0 rings (SSSR count). The zero-order chi connectivity index (χ0) is 11.4. The zero-order valence-electron chi connectivity index (χ0n) is 10.3. The van der Waals surface area contributed by atoms with Gasteiger partial charge < -0.3 is 15.4 Å². The van der Waals surface area contributed by atoms with Crippen molar-refractivity contribution < 1.29 is 4.74 Å². The van der Waals surface area contributed by atoms with E-state index in [0.29, 0.717) is 0 Å². The van der Waals surface area contributed by atoms with Gasteiger partial charge in [0.1, 0.15) is 0 Å². The molecule has 0 aliphatic heterocycles. The highest BCUT2D eigenvalue weighted by atomic mass is 16.5. The second kappa shape index (κ2) is 11.3. The van der Waals surface area contributed by atoms with Gasteiger partial charge in [-0.1, -0.05) is 6.92 Å². The van der Waals surface area contributed by atoms with Crippen molar-refractivity contribution in [2.75, 3.05) is 32.8 Å². The lowest BCUT2D eigenvalue weighted by atomic mass is 10.4. The minimum atomic E-state index is 0.796. The van der Waals surface area contributed by atoms with Crippen molar-refractivity contribution in [1.29, 1.82) is 0 Å². The first-order chi connectivity index (χ1) is 7.35. The first-order valence-corrected chi connectivity index (χ1v) is 5.95. The lowest BCUT2D eigenvalue weighted by molar-refractivity contribution is 0.145. The second-order valence-electron chi connectivity index (χ2n) is 3.24. The van der Waals surface area contributed by atoms with Crippen molar-refractivity contribution in [3.63, 3.8) is 0 Å². The van der Waals surface area contributed by atoms with Crippen LogP contribution in [0.2, 0.25) is 0 Å². The summed E-state index contributed by atoms with van der Waals surface area (Å²) in [7, 11) is 0. The molecule has 4 heteroatoms. The van der Waals surface area contributed by atoms with Crippen LogP contribution in [0.15, 0.2) is 4.99 Å². The van der Waals surface area contributed by atoms with Crippen molar-refractivity contribution in [3.8, 4) is 0 Å². The molecule has 0 saturated carbocycles. The van der Waals surface area contributed by atoms with Crippen molar-refractivity contribution in [1.82, 2.24) is 10.6 Å². The van der Waals surface area contributed by atoms with E-state index in [4.69, 9.17) is 4.74 Å². The Morgan fingerprint density at radius 2 is 2.00 bits per heavy atom. The van der Waals surface area contributed by atoms with E-state index in [0.717, 1.165) is 51.6 Å². The van der Waals surface area contributed by atoms with Gasteiger partial charge in [-0.25, -0.2) is 0 Å². The standard InChI is InChI=1S/C11H25N3O/c1-4-8-13-11(12-5-2)14-9-7-10-15-6-3/h4-10H2,1-3H3,(H2,12,13,14). The van der Waals surface area contributed by atoms with E-state index in [-0.39, 0.29) is 0 Å². The maximum atomic E-state index is 5.26. The average Bonchev–Trinajstić information content (AvgIpc) is 2.25. The maximum Gasteiger partial charge on any atom is 0.191 e. The molecule has 0 aromatic heterocycles. The van der Waals surface area contributed by atoms with Crippen LogP contribution in [-0.2, 0) is 4.74 Å². The highest BCUT2D eigenvalue weighted by Crippen LogP contribution is 1.82. The van der Waals surface area contributed by atoms with Crippen molar-refractivity contribution in [3.05, 3.63) is 0 Å². The van der Waals surface area contributed by atoms with Gasteiger partial charge in [0.2, 0.25) is 0 Å². The molecule has 0 atom stereocenters. The predicted octanol–water partition coefficient (Wildman–Crippen LogP) is 1.38. The topological polar surface area (TPSA) is 45.7 Å². The van der Waals surface area contributed by atoms with Gasteiger partial charge >= 0.3 is 0 Å². The second-order valence-corrected chi connectivity index (χ2v) is 3.24. The van der Waals surface area contributed by atoms with Crippen LogP contribution >= 0.6 is 0 Å². The molecule has 4 nitrogen and oxygen atoms in total. The summed E-state index contributed by atoms with van der Waals surface area (Å²) in [5.41, 5.74) is 0. The molecule has 2 N–H and O–H groups in total. The Morgan fingerprint density at radius 1 is 1.20 bits per heavy atom. The van der Waals surface area contributed by atoms with Crippen LogP contribution in [0.25, 0.3) is 0 Å². The Labute approximate surface area is 93.5 Å². The molecule has 0 aliphatic rings. The SMILES string of the molecule is CCCN=C(NCC)NCCCOCC. The van der Waals surface area contributed by atoms with Gasteiger partial charge in [-0.2, -0.15) is 0 Å². The molecular weight excluding hydrogens is 190 g/mol. The molecule has 0 saturated heterocycles. The highest BCUT2D eigenvalue weighted by molar-refractivity contribution is 5.79. The fourth-order valence-electron chi connectivity index (χ4n) is 1.09. The minimum Gasteiger partial charge on any atom is -0.382 e. The summed E-state index contributed by atoms with van der Waals surface area (Å²) in [6, 6.07) is 0. The third-order valence-corrected chi connectivity index (χ3v) is 1.80. The minimum absolute atomic E-state index is 0.796. The van der Waals surface area contributed by atoms with Crippen LogP contribution in [0.3, 0.4) is 0 Å². The number of hydrogen-bond donors (Lipinski definition) is 2. The van der Waals surface area contributed by atoms with Crippen molar-refractivity contribution in [2.24, 2.45) is 4.99 Å². The molecular formula is C11H25N3O. The van der Waals surface area contributed by atoms with Crippen molar-refractivity contribution >= 4 is 5.96 Å². The molecule has 0 unspecified atom stereocenters. The van der Waals surface area contributed by atoms with Gasteiger partial charge in [0, 0.05) is 32.8 Å². The number of ether oxygens (including phenoxy) is 1. The number of aliphatic imine (C=N–C) groups is 1. The van der Waals surface area contributed by atoms with E-state index in [1.807, 2.05) is 6.92 Å². The van der Waals surface area contributed by atoms with Crippen LogP contribution < -0.4 is 10.6 Å². The number of hydrogen-bond acceptors (Lipinski definition) is 2. The quantitative estimate of drug-likeness (QED) is 0.365. The fraction of sp³-hybridized carbons (Fsp3) is 0.909. The molecule has 0 aliphatic carbocycles. The maximum absolute atomic E-state index is 5.26. The molecule has 0 spiro atoms. The number of rotatable bonds is 8. The molecule has 0 fully saturated rings. The summed E-state index contributed by atoms with van der Waals surface area (Å²) in [5, 5.41) is 6.48. The predicted molar refractivity (Wildman–Crippen MR) is 65.4 cm³/mol. The Hall–Kier alpha value is -0.770. The number of nitrogens with zero attached hydrogens (tertiary/aromatic N) is 1. The monoisotopic (exact) mass is 215 g/mol. The van der Waals surface area contributed by atoms with E-state index in [1.165, 1.54) is 0 Å². The Morgan fingerprint density at radius 3 is 2.60 bits per heavy atom. The lowest BCUT2D eigenvalue weighted by Crippen LogP contribution is -2.38. The Bertz CT molecular complexity index is 160. The van der Waals surface area contributed by atoms with E-state index in [9.17, 15) is 0 Å². The van der Waals surface area contributed by atoms with E-state index < -0.39 is 0 Å². The third kappa shape index (κ3) is 9.53. The molecule has 0 radical (unpaired) electrons. The summed E-state index contributed by atoms with van der Waals surface area (Å²) < 4.78 is 5.26. The smallest absolute Gasteiger partial charge is 0.191 e. The van der Waals surface area contributed by atoms with Crippen LogP contribution in [0.4, 0.5) is 0 Å². The Balaban J connectivity index is 3.56. The Kier molecular flexibility index (Phi) is 10.7. The molecule has 0 aromatic carbocycles. The van der Waals surface area contributed by atoms with Gasteiger partial charge in [0.15, 0.2) is 5.96 Å². The van der Waals surface area contributed by atoms with E-state index >= 15 is 0 Å². The lowest BCUT2D eigenvalue weighted by Gasteiger charge is -2.10. The molecule has 0 aromatic rings. The van der Waals surface area contributed by atoms with Gasteiger partial charge in [-0.15, -0.1) is 0 Å². The van der Waals surface area contributed by atoms with Gasteiger partial charge in [-0.05, 0) is 26.7 Å². The van der Waals surface area contributed by atoms with Crippen LogP contribution in [0.5, 0.6) is 0 Å². The summed E-state index contributed by atoms with van der Waals surface area (Å²) in [4.78, 5) is 4.40.